The van der Waals surface area contributed by atoms with Crippen LogP contribution >= 0.6 is 50.3 Å². The molecular formula is C25H29Cl5Si2Zr. The molecule has 0 aliphatic heterocycles. The van der Waals surface area contributed by atoms with Gasteiger partial charge in [-0.15, -0.1) is 114 Å². The van der Waals surface area contributed by atoms with E-state index in [2.05, 4.69) is 93.2 Å². The summed E-state index contributed by atoms with van der Waals surface area (Å²) in [5.74, 6) is 0. The zero-order chi connectivity index (χ0) is 24.7. The summed E-state index contributed by atoms with van der Waals surface area (Å²) in [6.07, 6.45) is 2.30. The van der Waals surface area contributed by atoms with Gasteiger partial charge in [0.05, 0.1) is 0 Å². The average Bonchev–Trinajstić information content (AvgIpc) is 3.32. The van der Waals surface area contributed by atoms with Gasteiger partial charge in [-0.3, -0.25) is 0 Å². The predicted octanol–water partition coefficient (Wildman–Crippen LogP) is 10.7. The van der Waals surface area contributed by atoms with Gasteiger partial charge in [0.25, 0.3) is 0 Å². The molecule has 0 atom stereocenters. The Balaban J connectivity index is 0.000000233. The Kier molecular flexibility index (Phi) is 17.0. The monoisotopic (exact) mass is 650 g/mol. The van der Waals surface area contributed by atoms with Crippen LogP contribution in [0.5, 0.6) is 0 Å². The Hall–Kier alpha value is 0.427. The minimum atomic E-state index is -2.29. The van der Waals surface area contributed by atoms with E-state index in [1.165, 1.54) is 45.1 Å². The molecule has 0 unspecified atom stereocenters. The van der Waals surface area contributed by atoms with Gasteiger partial charge in [-0.05, 0) is 6.04 Å². The van der Waals surface area contributed by atoms with E-state index >= 15 is 0 Å². The van der Waals surface area contributed by atoms with E-state index in [1.807, 2.05) is 0 Å². The molecule has 0 spiro atoms. The molecule has 33 heavy (non-hydrogen) atoms. The second-order valence-electron chi connectivity index (χ2n) is 7.57. The molecule has 0 nitrogen and oxygen atoms in total. The van der Waals surface area contributed by atoms with Crippen molar-refractivity contribution in [2.75, 3.05) is 0 Å². The Labute approximate surface area is 235 Å². The van der Waals surface area contributed by atoms with Gasteiger partial charge in [-0.2, -0.15) is 12.1 Å². The van der Waals surface area contributed by atoms with Crippen molar-refractivity contribution in [3.63, 3.8) is 0 Å². The van der Waals surface area contributed by atoms with E-state index in [0.717, 1.165) is 22.0 Å². The molecule has 176 valence electrons. The van der Waals surface area contributed by atoms with Crippen LogP contribution in [0.3, 0.4) is 0 Å². The molecule has 0 aliphatic carbocycles. The van der Waals surface area contributed by atoms with Crippen molar-refractivity contribution in [3.8, 4) is 0 Å². The van der Waals surface area contributed by atoms with Gasteiger partial charge >= 0.3 is 43.9 Å². The number of unbranched alkanes of at least 4 members (excludes halogenated alkanes) is 1. The molecule has 4 aromatic rings. The maximum atomic E-state index is 5.68. The number of hydrogen-bond donors (Lipinski definition) is 0. The molecule has 0 fully saturated rings. The summed E-state index contributed by atoms with van der Waals surface area (Å²) < 4.78 is 0. The van der Waals surface area contributed by atoms with Crippen molar-refractivity contribution in [1.82, 2.24) is 0 Å². The van der Waals surface area contributed by atoms with Crippen molar-refractivity contribution in [3.05, 3.63) is 83.9 Å². The molecule has 8 heteroatoms. The third-order valence-corrected chi connectivity index (χ3v) is 8.14. The van der Waals surface area contributed by atoms with Crippen molar-refractivity contribution >= 4 is 87.3 Å². The Morgan fingerprint density at radius 2 is 1.21 bits per heavy atom. The SMILES string of the molecule is C[Si]CCCC[Si](Cl)(Cl)Cl.Cc1cc2ccccc2[cH-]1.Cc1cc2ccccc2[cH-]1.[Cl][Zr+2][Cl]. The van der Waals surface area contributed by atoms with Gasteiger partial charge in [-0.25, -0.2) is 0 Å². The second-order valence-corrected chi connectivity index (χ2v) is 21.8. The van der Waals surface area contributed by atoms with Crippen molar-refractivity contribution in [1.29, 1.82) is 0 Å². The quantitative estimate of drug-likeness (QED) is 0.0870. The topological polar surface area (TPSA) is 0 Å². The second kappa shape index (κ2) is 17.8. The van der Waals surface area contributed by atoms with E-state index in [4.69, 9.17) is 50.3 Å². The molecule has 0 bridgehead atoms. The first-order valence-corrected chi connectivity index (χ1v) is 23.9. The standard InChI is InChI=1S/2C10H9.C5H11Cl3Si2.2ClH.Zr/c2*1-8-6-9-4-2-3-5-10(9)7-8;1-9-4-2-3-5-10(6,7)8;;;/h2*2-7H,1H3;2-5H2,1H3;2*1H;/q2*-1;;;;+4/p-2. The zero-order valence-electron chi connectivity index (χ0n) is 19.1. The van der Waals surface area contributed by atoms with Gasteiger partial charge < -0.3 is 0 Å². The fourth-order valence-electron chi connectivity index (χ4n) is 3.24. The van der Waals surface area contributed by atoms with E-state index in [0.29, 0.717) is 0 Å². The van der Waals surface area contributed by atoms with Crippen LogP contribution in [0.15, 0.2) is 72.8 Å². The first-order valence-electron chi connectivity index (χ1n) is 10.6. The van der Waals surface area contributed by atoms with Crippen LogP contribution < -0.4 is 0 Å². The summed E-state index contributed by atoms with van der Waals surface area (Å²) in [6, 6.07) is 25.5. The molecule has 4 aromatic carbocycles. The van der Waals surface area contributed by atoms with Crippen molar-refractivity contribution < 1.29 is 20.8 Å². The number of benzene rings is 2. The van der Waals surface area contributed by atoms with Crippen LogP contribution in [0.4, 0.5) is 0 Å². The molecule has 0 heterocycles. The Morgan fingerprint density at radius 1 is 0.788 bits per heavy atom. The van der Waals surface area contributed by atoms with Crippen LogP contribution in [-0.2, 0) is 20.8 Å². The molecule has 2 radical (unpaired) electrons. The number of rotatable bonds is 5. The molecule has 0 saturated heterocycles. The molecule has 0 N–H and O–H groups in total. The molecule has 0 aromatic heterocycles. The van der Waals surface area contributed by atoms with Crippen LogP contribution in [0.25, 0.3) is 21.5 Å². The molecule has 0 amide bonds. The summed E-state index contributed by atoms with van der Waals surface area (Å²) in [6.45, 7) is 6.45. The molecule has 0 aliphatic rings. The average molecular weight is 654 g/mol. The third-order valence-electron chi connectivity index (χ3n) is 4.66. The number of aryl methyl sites for hydroxylation is 2. The van der Waals surface area contributed by atoms with Gasteiger partial charge in [0.1, 0.15) is 0 Å². The number of halogens is 5. The number of hydrogen-bond acceptors (Lipinski definition) is 0. The Morgan fingerprint density at radius 3 is 1.58 bits per heavy atom. The van der Waals surface area contributed by atoms with Crippen LogP contribution in [0, 0.1) is 13.8 Å². The van der Waals surface area contributed by atoms with Crippen LogP contribution in [0.2, 0.25) is 18.6 Å². The normalized spacial score (nSPS) is 10.3. The third kappa shape index (κ3) is 14.5. The van der Waals surface area contributed by atoms with Gasteiger partial charge in [0.2, 0.25) is 0 Å². The van der Waals surface area contributed by atoms with E-state index < -0.39 is 26.9 Å². The summed E-state index contributed by atoms with van der Waals surface area (Å²) in [7, 11) is 10.9. The summed E-state index contributed by atoms with van der Waals surface area (Å²) in [5.41, 5.74) is 2.70. The minimum absolute atomic E-state index is 0.822. The molecule has 4 rings (SSSR count). The van der Waals surface area contributed by atoms with E-state index in [-0.39, 0.29) is 0 Å². The van der Waals surface area contributed by atoms with Crippen molar-refractivity contribution in [2.24, 2.45) is 0 Å². The van der Waals surface area contributed by atoms with Gasteiger partial charge in [0.15, 0.2) is 0 Å². The van der Waals surface area contributed by atoms with E-state index in [1.54, 1.807) is 0 Å². The molecular weight excluding hydrogens is 625 g/mol. The predicted molar refractivity (Wildman–Crippen MR) is 154 cm³/mol. The summed E-state index contributed by atoms with van der Waals surface area (Å²) >= 11 is 16.2. The number of fused-ring (bicyclic) bond motifs is 2. The summed E-state index contributed by atoms with van der Waals surface area (Å²) in [5, 5.41) is 5.39. The fraction of sp³-hybridized carbons (Fsp3) is 0.280. The van der Waals surface area contributed by atoms with Crippen molar-refractivity contribution in [2.45, 2.75) is 45.3 Å². The zero-order valence-corrected chi connectivity index (χ0v) is 27.4. The van der Waals surface area contributed by atoms with Gasteiger partial charge in [0, 0.05) is 9.52 Å². The Bertz CT molecular complexity index is 902. The van der Waals surface area contributed by atoms with Crippen LogP contribution in [0.1, 0.15) is 24.0 Å². The first kappa shape index (κ1) is 31.5. The molecule has 0 saturated carbocycles. The van der Waals surface area contributed by atoms with E-state index in [9.17, 15) is 0 Å². The maximum absolute atomic E-state index is 5.68. The first-order chi connectivity index (χ1) is 15.7. The summed E-state index contributed by atoms with van der Waals surface area (Å²) in [4.78, 5) is 0. The van der Waals surface area contributed by atoms with Crippen LogP contribution in [-0.4, -0.2) is 15.5 Å². The van der Waals surface area contributed by atoms with Gasteiger partial charge in [-0.1, -0.05) is 51.4 Å². The fourth-order valence-corrected chi connectivity index (χ4v) is 5.70.